The van der Waals surface area contributed by atoms with E-state index in [4.69, 9.17) is 9.52 Å². The lowest BCUT2D eigenvalue weighted by Gasteiger charge is -2.21. The van der Waals surface area contributed by atoms with Crippen LogP contribution in [-0.4, -0.2) is 40.1 Å². The number of hydrogen-bond acceptors (Lipinski definition) is 5. The smallest absolute Gasteiger partial charge is 0.382 e. The summed E-state index contributed by atoms with van der Waals surface area (Å²) in [5.74, 6) is 3.10. The van der Waals surface area contributed by atoms with Gasteiger partial charge in [0.1, 0.15) is 12.0 Å². The highest BCUT2D eigenvalue weighted by Gasteiger charge is 2.39. The summed E-state index contributed by atoms with van der Waals surface area (Å²) >= 11 is 0. The van der Waals surface area contributed by atoms with E-state index in [1.54, 1.807) is 6.07 Å². The van der Waals surface area contributed by atoms with Gasteiger partial charge in [0.15, 0.2) is 5.58 Å². The molecule has 0 radical (unpaired) electrons. The van der Waals surface area contributed by atoms with Gasteiger partial charge in [-0.25, -0.2) is 9.78 Å². The Hall–Kier alpha value is -2.85. The van der Waals surface area contributed by atoms with Crippen LogP contribution in [0.15, 0.2) is 22.9 Å². The van der Waals surface area contributed by atoms with Crippen molar-refractivity contribution >= 4 is 22.8 Å². The second-order valence-corrected chi connectivity index (χ2v) is 6.13. The zero-order valence-electron chi connectivity index (χ0n) is 12.7. The lowest BCUT2D eigenvalue weighted by atomic mass is 9.95. The molecule has 2 bridgehead atoms. The van der Waals surface area contributed by atoms with E-state index < -0.39 is 5.97 Å². The van der Waals surface area contributed by atoms with Crippen molar-refractivity contribution in [3.63, 3.8) is 0 Å². The summed E-state index contributed by atoms with van der Waals surface area (Å²) in [4.78, 5) is 27.2. The summed E-state index contributed by atoms with van der Waals surface area (Å²) < 4.78 is 5.29. The number of rotatable bonds is 2. The lowest BCUT2D eigenvalue weighted by Crippen LogP contribution is -2.43. The number of nitrogens with zero attached hydrogens (tertiary/aromatic N) is 1. The molecule has 0 aliphatic carbocycles. The minimum absolute atomic E-state index is 0.129. The molecule has 1 amide bonds. The van der Waals surface area contributed by atoms with Gasteiger partial charge in [0.25, 0.3) is 5.91 Å². The summed E-state index contributed by atoms with van der Waals surface area (Å²) in [6.45, 7) is 0. The average Bonchev–Trinajstić information content (AvgIpc) is 3.27. The second-order valence-electron chi connectivity index (χ2n) is 6.13. The number of amides is 1. The highest BCUT2D eigenvalue weighted by atomic mass is 16.4. The standard InChI is InChI=1S/C17H15N3O4/c21-16(22)4-1-9-8-24-15-7-18-14(6-11(9)15)17(23)20-13-5-10-2-3-12(13)19-10/h6-8,10,12-13,19H,2-3,5H2,(H,20,23)(H,21,22)/t10-,12+,13-/m1/s1. The van der Waals surface area contributed by atoms with E-state index in [1.165, 1.54) is 18.9 Å². The fraction of sp³-hybridized carbons (Fsp3) is 0.353. The number of pyridine rings is 1. The molecule has 0 unspecified atom stereocenters. The topological polar surface area (TPSA) is 104 Å². The van der Waals surface area contributed by atoms with Gasteiger partial charge in [-0.05, 0) is 25.3 Å². The van der Waals surface area contributed by atoms with Crippen molar-refractivity contribution in [1.29, 1.82) is 0 Å². The van der Waals surface area contributed by atoms with E-state index in [0.29, 0.717) is 28.6 Å². The third-order valence-electron chi connectivity index (χ3n) is 4.61. The van der Waals surface area contributed by atoms with Gasteiger partial charge >= 0.3 is 5.97 Å². The predicted molar refractivity (Wildman–Crippen MR) is 84.3 cm³/mol. The van der Waals surface area contributed by atoms with Crippen LogP contribution < -0.4 is 10.6 Å². The van der Waals surface area contributed by atoms with Crippen LogP contribution in [0.1, 0.15) is 35.3 Å². The van der Waals surface area contributed by atoms with Gasteiger partial charge in [-0.2, -0.15) is 0 Å². The zero-order valence-corrected chi connectivity index (χ0v) is 12.7. The number of aromatic nitrogens is 1. The first-order valence-corrected chi connectivity index (χ1v) is 7.79. The highest BCUT2D eigenvalue weighted by molar-refractivity contribution is 5.97. The molecule has 122 valence electrons. The fourth-order valence-electron chi connectivity index (χ4n) is 3.50. The number of carboxylic acids is 1. The van der Waals surface area contributed by atoms with Crippen molar-refractivity contribution in [2.75, 3.05) is 0 Å². The van der Waals surface area contributed by atoms with Gasteiger partial charge in [0.2, 0.25) is 0 Å². The molecule has 3 N–H and O–H groups in total. The Morgan fingerprint density at radius 2 is 2.29 bits per heavy atom. The van der Waals surface area contributed by atoms with Crippen molar-refractivity contribution in [2.45, 2.75) is 37.4 Å². The number of nitrogens with one attached hydrogen (secondary N) is 2. The minimum Gasteiger partial charge on any atom is -0.472 e. The van der Waals surface area contributed by atoms with Crippen LogP contribution in [0.25, 0.3) is 11.0 Å². The lowest BCUT2D eigenvalue weighted by molar-refractivity contribution is -0.130. The molecule has 3 atom stereocenters. The summed E-state index contributed by atoms with van der Waals surface area (Å²) in [5, 5.41) is 15.7. The molecule has 2 aliphatic heterocycles. The summed E-state index contributed by atoms with van der Waals surface area (Å²) in [7, 11) is 0. The van der Waals surface area contributed by atoms with E-state index in [0.717, 1.165) is 12.8 Å². The van der Waals surface area contributed by atoms with Crippen LogP contribution in [0.4, 0.5) is 0 Å². The first-order chi connectivity index (χ1) is 11.6. The first kappa shape index (κ1) is 14.7. The number of hydrogen-bond donors (Lipinski definition) is 3. The van der Waals surface area contributed by atoms with Gasteiger partial charge < -0.3 is 20.2 Å². The number of aliphatic carboxylic acids is 1. The summed E-state index contributed by atoms with van der Waals surface area (Å²) in [6, 6.07) is 2.56. The Bertz CT molecular complexity index is 892. The third-order valence-corrected chi connectivity index (χ3v) is 4.61. The normalized spacial score (nSPS) is 24.6. The molecule has 7 nitrogen and oxygen atoms in total. The molecule has 7 heteroatoms. The maximum absolute atomic E-state index is 12.5. The van der Waals surface area contributed by atoms with Crippen LogP contribution in [0.5, 0.6) is 0 Å². The van der Waals surface area contributed by atoms with Crippen molar-refractivity contribution < 1.29 is 19.1 Å². The number of carbonyl (C=O) groups excluding carboxylic acids is 1. The summed E-state index contributed by atoms with van der Waals surface area (Å²) in [6.07, 6.45) is 6.01. The van der Waals surface area contributed by atoms with Gasteiger partial charge in [0, 0.05) is 29.4 Å². The molecule has 2 aliphatic rings. The number of fused-ring (bicyclic) bond motifs is 3. The van der Waals surface area contributed by atoms with Crippen LogP contribution in [0, 0.1) is 11.8 Å². The Morgan fingerprint density at radius 1 is 1.42 bits per heavy atom. The number of furan rings is 1. The van der Waals surface area contributed by atoms with Crippen LogP contribution in [0.2, 0.25) is 0 Å². The Kier molecular flexibility index (Phi) is 3.47. The number of carboxylic acid groups (broad SMARTS) is 1. The molecule has 2 aromatic rings. The van der Waals surface area contributed by atoms with Gasteiger partial charge in [0.05, 0.1) is 11.8 Å². The molecule has 2 fully saturated rings. The van der Waals surface area contributed by atoms with Crippen LogP contribution >= 0.6 is 0 Å². The molecular weight excluding hydrogens is 310 g/mol. The highest BCUT2D eigenvalue weighted by Crippen LogP contribution is 2.28. The van der Waals surface area contributed by atoms with Crippen molar-refractivity contribution in [3.05, 3.63) is 29.8 Å². The minimum atomic E-state index is -1.22. The van der Waals surface area contributed by atoms with E-state index in [2.05, 4.69) is 21.5 Å². The Morgan fingerprint density at radius 3 is 3.00 bits per heavy atom. The molecule has 24 heavy (non-hydrogen) atoms. The SMILES string of the molecule is O=C(O)C#Cc1coc2cnc(C(=O)N[C@@H]3C[C@H]4CC[C@@H]3N4)cc12. The largest absolute Gasteiger partial charge is 0.472 e. The predicted octanol–water partition coefficient (Wildman–Crippen LogP) is 0.887. The van der Waals surface area contributed by atoms with Crippen molar-refractivity contribution in [2.24, 2.45) is 0 Å². The van der Waals surface area contributed by atoms with Gasteiger partial charge in [-0.3, -0.25) is 4.79 Å². The molecule has 0 aromatic carbocycles. The zero-order chi connectivity index (χ0) is 16.7. The summed E-state index contributed by atoms with van der Waals surface area (Å²) in [5.41, 5.74) is 1.15. The van der Waals surface area contributed by atoms with Gasteiger partial charge in [-0.15, -0.1) is 0 Å². The van der Waals surface area contributed by atoms with Crippen LogP contribution in [0.3, 0.4) is 0 Å². The second kappa shape index (κ2) is 5.65. The molecular formula is C17H15N3O4. The molecule has 2 saturated heterocycles. The maximum Gasteiger partial charge on any atom is 0.382 e. The molecule has 4 rings (SSSR count). The monoisotopic (exact) mass is 325 g/mol. The number of carbonyl (C=O) groups is 2. The van der Waals surface area contributed by atoms with E-state index in [-0.39, 0.29) is 17.6 Å². The quantitative estimate of drug-likeness (QED) is 0.708. The van der Waals surface area contributed by atoms with E-state index >= 15 is 0 Å². The Labute approximate surface area is 137 Å². The van der Waals surface area contributed by atoms with Gasteiger partial charge in [-0.1, -0.05) is 5.92 Å². The maximum atomic E-state index is 12.5. The average molecular weight is 325 g/mol. The van der Waals surface area contributed by atoms with E-state index in [9.17, 15) is 9.59 Å². The first-order valence-electron chi connectivity index (χ1n) is 7.79. The van der Waals surface area contributed by atoms with E-state index in [1.807, 2.05) is 5.92 Å². The molecule has 2 aromatic heterocycles. The molecule has 4 heterocycles. The Balaban J connectivity index is 1.58. The molecule has 0 saturated carbocycles. The van der Waals surface area contributed by atoms with Crippen molar-refractivity contribution in [3.8, 4) is 11.8 Å². The van der Waals surface area contributed by atoms with Crippen molar-refractivity contribution in [1.82, 2.24) is 15.6 Å². The third kappa shape index (κ3) is 2.61. The molecule has 0 spiro atoms. The van der Waals surface area contributed by atoms with Crippen LogP contribution in [-0.2, 0) is 4.79 Å². The fourth-order valence-corrected chi connectivity index (χ4v) is 3.50.